The highest BCUT2D eigenvalue weighted by Crippen LogP contribution is 2.26. The van der Waals surface area contributed by atoms with Gasteiger partial charge in [-0.3, -0.25) is 18.8 Å². The summed E-state index contributed by atoms with van der Waals surface area (Å²) in [5.74, 6) is -0.632. The first-order valence-corrected chi connectivity index (χ1v) is 12.1. The number of aromatic nitrogens is 6. The molecular weight excluding hydrogens is 432 g/mol. The van der Waals surface area contributed by atoms with Crippen LogP contribution >= 0.6 is 0 Å². The van der Waals surface area contributed by atoms with Crippen molar-refractivity contribution in [3.63, 3.8) is 0 Å². The number of aryl methyl sites for hydroxylation is 2. The summed E-state index contributed by atoms with van der Waals surface area (Å²) in [5, 5.41) is 15.5. The number of sulfonamides is 1. The molecule has 11 nitrogen and oxygen atoms in total. The Bertz CT molecular complexity index is 1210. The third-order valence-electron chi connectivity index (χ3n) is 5.82. The first-order valence-electron chi connectivity index (χ1n) is 10.6. The number of rotatable bonds is 7. The summed E-state index contributed by atoms with van der Waals surface area (Å²) in [7, 11) is -1.99. The van der Waals surface area contributed by atoms with Gasteiger partial charge in [0.05, 0.1) is 42.4 Å². The normalized spacial score (nSPS) is 17.5. The van der Waals surface area contributed by atoms with Crippen LogP contribution in [0.1, 0.15) is 31.0 Å². The van der Waals surface area contributed by atoms with Crippen LogP contribution in [0, 0.1) is 12.8 Å². The van der Waals surface area contributed by atoms with E-state index < -0.39 is 15.9 Å². The third-order valence-corrected chi connectivity index (χ3v) is 7.79. The van der Waals surface area contributed by atoms with Gasteiger partial charge in [0.1, 0.15) is 4.90 Å². The van der Waals surface area contributed by atoms with E-state index in [-0.39, 0.29) is 17.3 Å². The van der Waals surface area contributed by atoms with Crippen LogP contribution in [-0.2, 0) is 35.0 Å². The third kappa shape index (κ3) is 4.46. The molecule has 1 fully saturated rings. The smallest absolute Gasteiger partial charge is 0.246 e. The Labute approximate surface area is 187 Å². The number of hydrogen-bond acceptors (Lipinski definition) is 6. The molecule has 0 aliphatic carbocycles. The van der Waals surface area contributed by atoms with Crippen LogP contribution in [0.25, 0.3) is 0 Å². The Morgan fingerprint density at radius 1 is 1.16 bits per heavy atom. The average molecular weight is 461 g/mol. The molecule has 0 bridgehead atoms. The predicted octanol–water partition coefficient (Wildman–Crippen LogP) is 1.23. The van der Waals surface area contributed by atoms with Crippen LogP contribution < -0.4 is 5.32 Å². The molecule has 172 valence electrons. The van der Waals surface area contributed by atoms with Gasteiger partial charge in [0.15, 0.2) is 0 Å². The molecule has 3 aromatic heterocycles. The second-order valence-electron chi connectivity index (χ2n) is 8.04. The van der Waals surface area contributed by atoms with Crippen LogP contribution in [0.4, 0.5) is 5.69 Å². The number of anilines is 1. The molecule has 0 saturated carbocycles. The van der Waals surface area contributed by atoms with Crippen LogP contribution in [0.3, 0.4) is 0 Å². The summed E-state index contributed by atoms with van der Waals surface area (Å²) in [6.45, 7) is 5.63. The van der Waals surface area contributed by atoms with Gasteiger partial charge in [-0.15, -0.1) is 0 Å². The van der Waals surface area contributed by atoms with E-state index in [1.165, 1.54) is 15.2 Å². The summed E-state index contributed by atoms with van der Waals surface area (Å²) >= 11 is 0. The highest BCUT2D eigenvalue weighted by molar-refractivity contribution is 7.89. The number of carbonyl (C=O) groups excluding carboxylic acids is 1. The van der Waals surface area contributed by atoms with Crippen molar-refractivity contribution in [1.82, 2.24) is 33.6 Å². The van der Waals surface area contributed by atoms with E-state index in [0.717, 1.165) is 12.1 Å². The number of carbonyl (C=O) groups is 1. The lowest BCUT2D eigenvalue weighted by Gasteiger charge is -2.31. The van der Waals surface area contributed by atoms with Crippen molar-refractivity contribution in [2.45, 2.75) is 44.7 Å². The topological polar surface area (TPSA) is 120 Å². The fourth-order valence-electron chi connectivity index (χ4n) is 3.85. The molecule has 4 heterocycles. The molecule has 1 saturated heterocycles. The lowest BCUT2D eigenvalue weighted by Crippen LogP contribution is -2.43. The molecule has 12 heteroatoms. The Balaban J connectivity index is 1.39. The van der Waals surface area contributed by atoms with Crippen molar-refractivity contribution in [2.24, 2.45) is 13.0 Å². The highest BCUT2D eigenvalue weighted by atomic mass is 32.2. The molecule has 1 amide bonds. The van der Waals surface area contributed by atoms with E-state index in [0.29, 0.717) is 37.3 Å². The minimum atomic E-state index is -3.70. The van der Waals surface area contributed by atoms with Gasteiger partial charge in [-0.25, -0.2) is 8.42 Å². The van der Waals surface area contributed by atoms with E-state index >= 15 is 0 Å². The summed E-state index contributed by atoms with van der Waals surface area (Å²) in [6.07, 6.45) is 9.74. The second kappa shape index (κ2) is 8.87. The first kappa shape index (κ1) is 22.2. The van der Waals surface area contributed by atoms with E-state index in [1.807, 2.05) is 17.8 Å². The lowest BCUT2D eigenvalue weighted by atomic mass is 9.99. The van der Waals surface area contributed by atoms with Gasteiger partial charge < -0.3 is 5.32 Å². The van der Waals surface area contributed by atoms with Crippen molar-refractivity contribution in [3.8, 4) is 0 Å². The molecule has 32 heavy (non-hydrogen) atoms. The fraction of sp³-hybridized carbons (Fsp3) is 0.500. The molecule has 0 aromatic carbocycles. The number of piperidine rings is 1. The van der Waals surface area contributed by atoms with Gasteiger partial charge in [-0.2, -0.15) is 19.6 Å². The zero-order chi connectivity index (χ0) is 22.9. The molecule has 1 atom stereocenters. The SMILES string of the molecule is CCn1cc(Cn2cc(NC(=O)[C@@H]3CCCN(S(=O)(=O)c4cnn(C)c4C)C3)cn2)cn1. The fourth-order valence-corrected chi connectivity index (χ4v) is 5.56. The van der Waals surface area contributed by atoms with Crippen LogP contribution in [0.15, 0.2) is 35.9 Å². The van der Waals surface area contributed by atoms with Gasteiger partial charge in [0.25, 0.3) is 0 Å². The molecule has 3 aromatic rings. The van der Waals surface area contributed by atoms with Crippen LogP contribution in [-0.4, -0.2) is 61.1 Å². The van der Waals surface area contributed by atoms with Crippen molar-refractivity contribution in [1.29, 1.82) is 0 Å². The zero-order valence-corrected chi connectivity index (χ0v) is 19.3. The minimum absolute atomic E-state index is 0.146. The summed E-state index contributed by atoms with van der Waals surface area (Å²) in [5.41, 5.74) is 2.18. The maximum absolute atomic E-state index is 13.1. The maximum atomic E-state index is 13.1. The Morgan fingerprint density at radius 3 is 2.62 bits per heavy atom. The average Bonchev–Trinajstić information content (AvgIpc) is 3.50. The Hall–Kier alpha value is -2.99. The van der Waals surface area contributed by atoms with Crippen LogP contribution in [0.5, 0.6) is 0 Å². The number of hydrogen-bond donors (Lipinski definition) is 1. The second-order valence-corrected chi connectivity index (χ2v) is 9.95. The number of nitrogens with zero attached hydrogens (tertiary/aromatic N) is 7. The van der Waals surface area contributed by atoms with Gasteiger partial charge >= 0.3 is 0 Å². The number of nitrogens with one attached hydrogen (secondary N) is 1. The molecule has 0 radical (unpaired) electrons. The predicted molar refractivity (Wildman–Crippen MR) is 117 cm³/mol. The number of amides is 1. The van der Waals surface area contributed by atoms with E-state index in [1.54, 1.807) is 37.2 Å². The molecule has 0 spiro atoms. The quantitative estimate of drug-likeness (QED) is 0.566. The van der Waals surface area contributed by atoms with Crippen molar-refractivity contribution in [3.05, 3.63) is 42.2 Å². The summed E-state index contributed by atoms with van der Waals surface area (Å²) < 4.78 is 32.6. The Kier molecular flexibility index (Phi) is 6.15. The summed E-state index contributed by atoms with van der Waals surface area (Å²) in [4.78, 5) is 13.0. The maximum Gasteiger partial charge on any atom is 0.246 e. The van der Waals surface area contributed by atoms with Crippen molar-refractivity contribution >= 4 is 21.6 Å². The zero-order valence-electron chi connectivity index (χ0n) is 18.5. The largest absolute Gasteiger partial charge is 0.323 e. The monoisotopic (exact) mass is 460 g/mol. The van der Waals surface area contributed by atoms with Gasteiger partial charge in [0.2, 0.25) is 15.9 Å². The Morgan fingerprint density at radius 2 is 1.94 bits per heavy atom. The lowest BCUT2D eigenvalue weighted by molar-refractivity contribution is -0.120. The van der Waals surface area contributed by atoms with Crippen LogP contribution in [0.2, 0.25) is 0 Å². The van der Waals surface area contributed by atoms with E-state index in [2.05, 4.69) is 20.6 Å². The molecule has 1 aliphatic heterocycles. The molecule has 1 N–H and O–H groups in total. The van der Waals surface area contributed by atoms with Gasteiger partial charge in [-0.1, -0.05) is 0 Å². The standard InChI is InChI=1S/C20H28N8O3S/c1-4-26-11-16(8-22-26)12-27-14-18(9-23-27)24-20(29)17-6-5-7-28(13-17)32(30,31)19-10-21-25(3)15(19)2/h8-11,14,17H,4-7,12-13H2,1-3H3,(H,24,29)/t17-/m1/s1. The van der Waals surface area contributed by atoms with E-state index in [9.17, 15) is 13.2 Å². The highest BCUT2D eigenvalue weighted by Gasteiger charge is 2.35. The van der Waals surface area contributed by atoms with E-state index in [4.69, 9.17) is 0 Å². The van der Waals surface area contributed by atoms with Crippen molar-refractivity contribution < 1.29 is 13.2 Å². The molecule has 0 unspecified atom stereocenters. The van der Waals surface area contributed by atoms with Crippen molar-refractivity contribution in [2.75, 3.05) is 18.4 Å². The minimum Gasteiger partial charge on any atom is -0.323 e. The molecular formula is C20H28N8O3S. The summed E-state index contributed by atoms with van der Waals surface area (Å²) in [6, 6.07) is 0. The molecule has 4 rings (SSSR count). The molecule has 1 aliphatic rings. The van der Waals surface area contributed by atoms with Gasteiger partial charge in [0, 0.05) is 44.6 Å². The first-order chi connectivity index (χ1) is 15.3. The van der Waals surface area contributed by atoms with Gasteiger partial charge in [-0.05, 0) is 26.7 Å².